The standard InChI is InChI=1S/C24H37NO2Si/c1-18(2)25-21(14-15-23-26-16-9-17-27-23)20-12-8-13-22(25)24(20)28(3,4)19-10-6-5-7-11-19/h5-8,10-11,13,18,20-24H,9,12,14-17H2,1-4H3/t20-,21-,22-,24?/m1/s1. The van der Waals surface area contributed by atoms with Gasteiger partial charge in [0.05, 0.1) is 21.3 Å². The molecular weight excluding hydrogens is 362 g/mol. The SMILES string of the molecule is CC(C)N1[C@@H]2C=CC[C@@H](C2[Si](C)(C)c2ccccc2)[C@H]1CCC1OCCCO1. The molecule has 0 radical (unpaired) electrons. The molecule has 2 fully saturated rings. The lowest BCUT2D eigenvalue weighted by molar-refractivity contribution is -0.183. The molecule has 154 valence electrons. The number of fused-ring (bicyclic) bond motifs is 2. The minimum absolute atomic E-state index is 0.00834. The zero-order valence-electron chi connectivity index (χ0n) is 18.0. The smallest absolute Gasteiger partial charge is 0.157 e. The first-order valence-corrected chi connectivity index (χ1v) is 14.3. The number of benzene rings is 1. The highest BCUT2D eigenvalue weighted by Gasteiger charge is 2.55. The van der Waals surface area contributed by atoms with Gasteiger partial charge in [0, 0.05) is 18.1 Å². The van der Waals surface area contributed by atoms with Crippen LogP contribution >= 0.6 is 0 Å². The van der Waals surface area contributed by atoms with Gasteiger partial charge >= 0.3 is 0 Å². The molecule has 3 aliphatic rings. The Balaban J connectivity index is 1.59. The van der Waals surface area contributed by atoms with Gasteiger partial charge in [-0.2, -0.15) is 0 Å². The molecule has 1 aromatic rings. The van der Waals surface area contributed by atoms with Crippen LogP contribution in [0.15, 0.2) is 42.5 Å². The van der Waals surface area contributed by atoms with Crippen LogP contribution in [-0.2, 0) is 9.47 Å². The van der Waals surface area contributed by atoms with Crippen molar-refractivity contribution >= 4 is 13.3 Å². The van der Waals surface area contributed by atoms with Gasteiger partial charge in [0.2, 0.25) is 0 Å². The fourth-order valence-corrected chi connectivity index (χ4v) is 10.1. The number of hydrogen-bond donors (Lipinski definition) is 0. The molecule has 4 heteroatoms. The fraction of sp³-hybridized carbons (Fsp3) is 0.667. The van der Waals surface area contributed by atoms with Crippen molar-refractivity contribution in [2.24, 2.45) is 5.92 Å². The highest BCUT2D eigenvalue weighted by molar-refractivity contribution is 6.91. The van der Waals surface area contributed by atoms with E-state index in [1.807, 2.05) is 0 Å². The molecule has 2 aliphatic heterocycles. The summed E-state index contributed by atoms with van der Waals surface area (Å²) in [7, 11) is -1.60. The number of allylic oxidation sites excluding steroid dienone is 1. The largest absolute Gasteiger partial charge is 0.353 e. The number of rotatable bonds is 6. The van der Waals surface area contributed by atoms with Crippen LogP contribution in [0, 0.1) is 5.92 Å². The van der Waals surface area contributed by atoms with Crippen molar-refractivity contribution in [1.29, 1.82) is 0 Å². The van der Waals surface area contributed by atoms with Gasteiger partial charge in [0.15, 0.2) is 6.29 Å². The van der Waals surface area contributed by atoms with Crippen LogP contribution in [0.2, 0.25) is 18.6 Å². The first kappa shape index (κ1) is 20.3. The van der Waals surface area contributed by atoms with E-state index in [0.717, 1.165) is 37.5 Å². The third-order valence-electron chi connectivity index (χ3n) is 7.33. The van der Waals surface area contributed by atoms with Gasteiger partial charge < -0.3 is 9.47 Å². The van der Waals surface area contributed by atoms with Crippen molar-refractivity contribution in [3.63, 3.8) is 0 Å². The highest BCUT2D eigenvalue weighted by Crippen LogP contribution is 2.52. The van der Waals surface area contributed by atoms with E-state index in [1.165, 1.54) is 12.8 Å². The van der Waals surface area contributed by atoms with Crippen LogP contribution in [0.25, 0.3) is 0 Å². The number of likely N-dealkylation sites (tertiary alicyclic amines) is 1. The van der Waals surface area contributed by atoms with E-state index in [4.69, 9.17) is 9.47 Å². The third-order valence-corrected chi connectivity index (χ3v) is 11.6. The summed E-state index contributed by atoms with van der Waals surface area (Å²) in [5.74, 6) is 0.753. The summed E-state index contributed by atoms with van der Waals surface area (Å²) in [6.07, 6.45) is 9.47. The van der Waals surface area contributed by atoms with Gasteiger partial charge in [-0.15, -0.1) is 0 Å². The minimum Gasteiger partial charge on any atom is -0.353 e. The summed E-state index contributed by atoms with van der Waals surface area (Å²) in [5.41, 5.74) is 0.778. The Bertz CT molecular complexity index is 668. The second-order valence-corrected chi connectivity index (χ2v) is 14.3. The average Bonchev–Trinajstić information content (AvgIpc) is 2.91. The monoisotopic (exact) mass is 399 g/mol. The Morgan fingerprint density at radius 3 is 2.46 bits per heavy atom. The van der Waals surface area contributed by atoms with Gasteiger partial charge in [-0.05, 0) is 51.0 Å². The molecule has 0 amide bonds. The van der Waals surface area contributed by atoms with Crippen molar-refractivity contribution in [3.8, 4) is 0 Å². The Kier molecular flexibility index (Phi) is 6.12. The molecule has 1 aliphatic carbocycles. The quantitative estimate of drug-likeness (QED) is 0.517. The van der Waals surface area contributed by atoms with Gasteiger partial charge in [-0.3, -0.25) is 4.90 Å². The predicted molar refractivity (Wildman–Crippen MR) is 119 cm³/mol. The van der Waals surface area contributed by atoms with Crippen molar-refractivity contribution in [2.45, 2.75) is 82.6 Å². The summed E-state index contributed by atoms with van der Waals surface area (Å²) in [6, 6.07) is 13.1. The topological polar surface area (TPSA) is 21.7 Å². The van der Waals surface area contributed by atoms with Crippen molar-refractivity contribution in [2.75, 3.05) is 13.2 Å². The Morgan fingerprint density at radius 2 is 1.79 bits per heavy atom. The number of ether oxygens (including phenoxy) is 2. The van der Waals surface area contributed by atoms with Crippen molar-refractivity contribution in [3.05, 3.63) is 42.5 Å². The first-order valence-electron chi connectivity index (χ1n) is 11.2. The molecule has 0 saturated carbocycles. The van der Waals surface area contributed by atoms with E-state index in [2.05, 4.69) is 74.3 Å². The lowest BCUT2D eigenvalue weighted by Gasteiger charge is -2.40. The Labute approximate surface area is 172 Å². The molecule has 0 aromatic heterocycles. The van der Waals surface area contributed by atoms with Crippen molar-refractivity contribution in [1.82, 2.24) is 4.90 Å². The van der Waals surface area contributed by atoms with E-state index in [1.54, 1.807) is 5.19 Å². The third kappa shape index (κ3) is 3.77. The van der Waals surface area contributed by atoms with Gasteiger partial charge in [-0.25, -0.2) is 0 Å². The Hall–Kier alpha value is -0.943. The van der Waals surface area contributed by atoms with E-state index in [-0.39, 0.29) is 6.29 Å². The molecule has 2 saturated heterocycles. The molecule has 4 rings (SSSR count). The summed E-state index contributed by atoms with van der Waals surface area (Å²) < 4.78 is 11.7. The summed E-state index contributed by atoms with van der Waals surface area (Å²) in [4.78, 5) is 2.83. The average molecular weight is 400 g/mol. The summed E-state index contributed by atoms with van der Waals surface area (Å²) in [5, 5.41) is 1.61. The van der Waals surface area contributed by atoms with E-state index in [9.17, 15) is 0 Å². The van der Waals surface area contributed by atoms with Gasteiger partial charge in [0.25, 0.3) is 0 Å². The van der Waals surface area contributed by atoms with E-state index in [0.29, 0.717) is 18.1 Å². The molecule has 2 bridgehead atoms. The van der Waals surface area contributed by atoms with Crippen LogP contribution in [0.5, 0.6) is 0 Å². The van der Waals surface area contributed by atoms with Gasteiger partial charge in [-0.1, -0.05) is 60.8 Å². The first-order chi connectivity index (χ1) is 13.5. The van der Waals surface area contributed by atoms with Crippen LogP contribution in [-0.4, -0.2) is 50.6 Å². The second-order valence-electron chi connectivity index (χ2n) is 9.64. The molecule has 3 nitrogen and oxygen atoms in total. The summed E-state index contributed by atoms with van der Waals surface area (Å²) >= 11 is 0. The normalized spacial score (nSPS) is 31.6. The van der Waals surface area contributed by atoms with Crippen molar-refractivity contribution < 1.29 is 9.47 Å². The lowest BCUT2D eigenvalue weighted by atomic mass is 9.88. The maximum absolute atomic E-state index is 5.86. The molecule has 0 N–H and O–H groups in total. The Morgan fingerprint density at radius 1 is 1.07 bits per heavy atom. The molecule has 0 spiro atoms. The zero-order valence-corrected chi connectivity index (χ0v) is 19.0. The molecule has 4 atom stereocenters. The molecule has 1 unspecified atom stereocenters. The maximum atomic E-state index is 5.86. The van der Waals surface area contributed by atoms with E-state index >= 15 is 0 Å². The molecule has 1 aromatic carbocycles. The lowest BCUT2D eigenvalue weighted by Crippen LogP contribution is -2.52. The maximum Gasteiger partial charge on any atom is 0.157 e. The van der Waals surface area contributed by atoms with E-state index < -0.39 is 8.07 Å². The van der Waals surface area contributed by atoms with Crippen LogP contribution < -0.4 is 5.19 Å². The molecular formula is C24H37NO2Si. The van der Waals surface area contributed by atoms with Crippen LogP contribution in [0.3, 0.4) is 0 Å². The fourth-order valence-electron chi connectivity index (χ4n) is 6.14. The second kappa shape index (κ2) is 8.43. The molecule has 2 heterocycles. The van der Waals surface area contributed by atoms with Crippen LogP contribution in [0.4, 0.5) is 0 Å². The van der Waals surface area contributed by atoms with Crippen LogP contribution in [0.1, 0.15) is 39.5 Å². The highest BCUT2D eigenvalue weighted by atomic mass is 28.3. The minimum atomic E-state index is -1.60. The predicted octanol–water partition coefficient (Wildman–Crippen LogP) is 4.55. The number of hydrogen-bond acceptors (Lipinski definition) is 3. The number of nitrogens with zero attached hydrogens (tertiary/aromatic N) is 1. The molecule has 28 heavy (non-hydrogen) atoms. The summed E-state index contributed by atoms with van der Waals surface area (Å²) in [6.45, 7) is 11.7. The van der Waals surface area contributed by atoms with Gasteiger partial charge in [0.1, 0.15) is 0 Å². The zero-order chi connectivity index (χ0) is 19.7.